The highest BCUT2D eigenvalue weighted by Gasteiger charge is 2.16. The van der Waals surface area contributed by atoms with E-state index in [2.05, 4.69) is 9.57 Å². The second-order valence-corrected chi connectivity index (χ2v) is 3.29. The van der Waals surface area contributed by atoms with Crippen LogP contribution in [0.25, 0.3) is 22.6 Å². The predicted octanol–water partition coefficient (Wildman–Crippen LogP) is 1.40. The molecule has 3 aromatic rings. The summed E-state index contributed by atoms with van der Waals surface area (Å²) in [5, 5.41) is 3.71. The van der Waals surface area contributed by atoms with Gasteiger partial charge in [0.1, 0.15) is 0 Å². The minimum absolute atomic E-state index is 0.0285. The minimum atomic E-state index is -1.12. The Balaban J connectivity index is 2.36. The van der Waals surface area contributed by atoms with Gasteiger partial charge >= 0.3 is 17.0 Å². The van der Waals surface area contributed by atoms with Crippen molar-refractivity contribution >= 4 is 11.4 Å². The number of hydrogen-bond donors (Lipinski definition) is 0. The van der Waals surface area contributed by atoms with E-state index in [1.165, 1.54) is 0 Å². The van der Waals surface area contributed by atoms with Crippen molar-refractivity contribution in [2.24, 2.45) is 0 Å². The third kappa shape index (κ3) is 1.46. The van der Waals surface area contributed by atoms with Gasteiger partial charge in [-0.2, -0.15) is 0 Å². The molecule has 0 bridgehead atoms. The summed E-state index contributed by atoms with van der Waals surface area (Å²) in [6, 6.07) is 8.97. The smallest absolute Gasteiger partial charge is 0.408 e. The van der Waals surface area contributed by atoms with E-state index >= 15 is 0 Å². The number of hydrogen-bond acceptors (Lipinski definition) is 6. The molecule has 0 aliphatic rings. The van der Waals surface area contributed by atoms with E-state index in [9.17, 15) is 9.59 Å². The van der Waals surface area contributed by atoms with Crippen molar-refractivity contribution in [3.8, 4) is 11.3 Å². The van der Waals surface area contributed by atoms with E-state index in [1.807, 2.05) is 6.07 Å². The number of benzene rings is 1. The highest BCUT2D eigenvalue weighted by molar-refractivity contribution is 5.82. The maximum atomic E-state index is 11.1. The molecule has 84 valence electrons. The van der Waals surface area contributed by atoms with Gasteiger partial charge in [0.05, 0.1) is 0 Å². The van der Waals surface area contributed by atoms with Crippen molar-refractivity contribution in [2.75, 3.05) is 0 Å². The van der Waals surface area contributed by atoms with Crippen LogP contribution in [0.15, 0.2) is 53.3 Å². The van der Waals surface area contributed by atoms with Gasteiger partial charge in [-0.1, -0.05) is 35.5 Å². The summed E-state index contributed by atoms with van der Waals surface area (Å²) in [5.41, 5.74) is -1.16. The summed E-state index contributed by atoms with van der Waals surface area (Å²) in [7, 11) is 0. The van der Waals surface area contributed by atoms with Gasteiger partial charge in [-0.15, -0.1) is 0 Å². The third-order valence-corrected chi connectivity index (χ3v) is 2.21. The largest absolute Gasteiger partial charge is 0.425 e. The summed E-state index contributed by atoms with van der Waals surface area (Å²) in [6.07, 6.45) is 0. The molecule has 2 heterocycles. The van der Waals surface area contributed by atoms with Crippen molar-refractivity contribution in [2.45, 2.75) is 0 Å². The number of rotatable bonds is 1. The van der Waals surface area contributed by atoms with Gasteiger partial charge in [0.15, 0.2) is 5.69 Å². The Bertz CT molecular complexity index is 781. The average molecular weight is 231 g/mol. The standard InChI is InChI=1S/C11H5NO5/c13-9-10(14)16-11-8(15-9)7(12-17-11)6-4-2-1-3-5-6/h1-5H. The van der Waals surface area contributed by atoms with Crippen LogP contribution >= 0.6 is 0 Å². The van der Waals surface area contributed by atoms with Crippen LogP contribution < -0.4 is 11.3 Å². The van der Waals surface area contributed by atoms with Crippen LogP contribution in [-0.4, -0.2) is 5.16 Å². The van der Waals surface area contributed by atoms with Crippen LogP contribution in [0.1, 0.15) is 0 Å². The zero-order valence-electron chi connectivity index (χ0n) is 8.38. The van der Waals surface area contributed by atoms with Crippen LogP contribution in [-0.2, 0) is 0 Å². The van der Waals surface area contributed by atoms with Gasteiger partial charge in [0.25, 0.3) is 0 Å². The van der Waals surface area contributed by atoms with E-state index < -0.39 is 11.3 Å². The van der Waals surface area contributed by atoms with E-state index in [1.54, 1.807) is 24.3 Å². The molecule has 1 aromatic carbocycles. The molecule has 2 aromatic heterocycles. The quantitative estimate of drug-likeness (QED) is 0.588. The van der Waals surface area contributed by atoms with Crippen LogP contribution in [0.4, 0.5) is 0 Å². The molecule has 0 saturated heterocycles. The molecule has 0 fully saturated rings. The molecule has 0 aliphatic heterocycles. The molecule has 6 nitrogen and oxygen atoms in total. The van der Waals surface area contributed by atoms with E-state index in [0.29, 0.717) is 11.3 Å². The molecule has 0 saturated carbocycles. The molecular weight excluding hydrogens is 226 g/mol. The first kappa shape index (κ1) is 9.59. The Labute approximate surface area is 93.1 Å². The topological polar surface area (TPSA) is 86.4 Å². The summed E-state index contributed by atoms with van der Waals surface area (Å²) in [5.74, 6) is -0.201. The average Bonchev–Trinajstić information content (AvgIpc) is 2.74. The minimum Gasteiger partial charge on any atom is -0.408 e. The highest BCUT2D eigenvalue weighted by Crippen LogP contribution is 2.25. The van der Waals surface area contributed by atoms with Gasteiger partial charge in [0.2, 0.25) is 5.58 Å². The van der Waals surface area contributed by atoms with Crippen molar-refractivity contribution < 1.29 is 13.4 Å². The van der Waals surface area contributed by atoms with E-state index in [4.69, 9.17) is 8.94 Å². The molecule has 17 heavy (non-hydrogen) atoms. The predicted molar refractivity (Wildman–Crippen MR) is 56.5 cm³/mol. The lowest BCUT2D eigenvalue weighted by atomic mass is 10.1. The maximum absolute atomic E-state index is 11.1. The molecule has 3 rings (SSSR count). The van der Waals surface area contributed by atoms with Gasteiger partial charge in [-0.3, -0.25) is 0 Å². The monoisotopic (exact) mass is 231 g/mol. The molecule has 0 N–H and O–H groups in total. The van der Waals surface area contributed by atoms with E-state index in [0.717, 1.165) is 0 Å². The van der Waals surface area contributed by atoms with Crippen LogP contribution in [0.2, 0.25) is 0 Å². The zero-order valence-corrected chi connectivity index (χ0v) is 8.38. The molecule has 6 heteroatoms. The zero-order chi connectivity index (χ0) is 11.8. The molecule has 0 unspecified atom stereocenters. The van der Waals surface area contributed by atoms with E-state index in [-0.39, 0.29) is 11.4 Å². The van der Waals surface area contributed by atoms with Crippen molar-refractivity contribution in [1.82, 2.24) is 5.16 Å². The summed E-state index contributed by atoms with van der Waals surface area (Å²) in [4.78, 5) is 22.0. The van der Waals surface area contributed by atoms with Gasteiger partial charge in [-0.25, -0.2) is 9.59 Å². The number of aromatic nitrogens is 1. The molecule has 0 spiro atoms. The molecule has 0 aliphatic carbocycles. The second-order valence-electron chi connectivity index (χ2n) is 3.29. The molecule has 0 atom stereocenters. The first-order valence-corrected chi connectivity index (χ1v) is 4.75. The number of fused-ring (bicyclic) bond motifs is 1. The fraction of sp³-hybridized carbons (Fsp3) is 0. The first-order chi connectivity index (χ1) is 8.25. The summed E-state index contributed by atoms with van der Waals surface area (Å²) in [6.45, 7) is 0. The number of nitrogens with zero attached hydrogens (tertiary/aromatic N) is 1. The lowest BCUT2D eigenvalue weighted by molar-refractivity contribution is 0.353. The molecule has 0 amide bonds. The SMILES string of the molecule is O=c1oc2onc(-c3ccccc3)c2oc1=O. The highest BCUT2D eigenvalue weighted by atomic mass is 16.6. The Morgan fingerprint density at radius 2 is 1.65 bits per heavy atom. The lowest BCUT2D eigenvalue weighted by Gasteiger charge is -1.92. The second kappa shape index (κ2) is 3.44. The molecule has 0 radical (unpaired) electrons. The van der Waals surface area contributed by atoms with Crippen LogP contribution in [0.3, 0.4) is 0 Å². The summed E-state index contributed by atoms with van der Waals surface area (Å²) < 4.78 is 14.2. The molecular formula is C11H5NO5. The van der Waals surface area contributed by atoms with Crippen molar-refractivity contribution in [3.05, 3.63) is 51.2 Å². The van der Waals surface area contributed by atoms with Gasteiger partial charge in [-0.05, 0) is 0 Å². The fourth-order valence-corrected chi connectivity index (χ4v) is 1.46. The van der Waals surface area contributed by atoms with Crippen molar-refractivity contribution in [1.29, 1.82) is 0 Å². The van der Waals surface area contributed by atoms with Gasteiger partial charge < -0.3 is 13.4 Å². The Kier molecular flexibility index (Phi) is 1.94. The Hall–Kier alpha value is -2.63. The lowest BCUT2D eigenvalue weighted by Crippen LogP contribution is -2.20. The maximum Gasteiger partial charge on any atom is 0.425 e. The van der Waals surface area contributed by atoms with Crippen molar-refractivity contribution in [3.63, 3.8) is 0 Å². The Morgan fingerprint density at radius 3 is 2.41 bits per heavy atom. The third-order valence-electron chi connectivity index (χ3n) is 2.21. The normalized spacial score (nSPS) is 10.8. The van der Waals surface area contributed by atoms with Gasteiger partial charge in [0, 0.05) is 5.56 Å². The fourth-order valence-electron chi connectivity index (χ4n) is 1.46. The summed E-state index contributed by atoms with van der Waals surface area (Å²) >= 11 is 0. The van der Waals surface area contributed by atoms with Crippen LogP contribution in [0, 0.1) is 0 Å². The van der Waals surface area contributed by atoms with Crippen LogP contribution in [0.5, 0.6) is 0 Å². The Morgan fingerprint density at radius 1 is 0.941 bits per heavy atom. The first-order valence-electron chi connectivity index (χ1n) is 4.75.